The molecule has 0 bridgehead atoms. The van der Waals surface area contributed by atoms with Gasteiger partial charge in [0.1, 0.15) is 29.9 Å². The Bertz CT molecular complexity index is 1970. The number of aromatic carboxylic acids is 1. The van der Waals surface area contributed by atoms with Crippen molar-refractivity contribution in [2.24, 2.45) is 4.99 Å². The van der Waals surface area contributed by atoms with Gasteiger partial charge in [0.15, 0.2) is 4.80 Å². The van der Waals surface area contributed by atoms with Crippen molar-refractivity contribution in [3.8, 4) is 17.2 Å². The molecule has 1 aliphatic heterocycles. The van der Waals surface area contributed by atoms with Gasteiger partial charge in [0.25, 0.3) is 5.56 Å². The maximum Gasteiger partial charge on any atom is 0.338 e. The fourth-order valence-electron chi connectivity index (χ4n) is 5.24. The Kier molecular flexibility index (Phi) is 10.0. The van der Waals surface area contributed by atoms with E-state index in [1.54, 1.807) is 68.6 Å². The van der Waals surface area contributed by atoms with Crippen molar-refractivity contribution < 1.29 is 33.6 Å². The number of carboxylic acid groups (broad SMARTS) is 1. The topological polar surface area (TPSA) is 126 Å². The van der Waals surface area contributed by atoms with Crippen LogP contribution >= 0.6 is 11.3 Å². The molecule has 0 unspecified atom stereocenters. The van der Waals surface area contributed by atoms with Crippen molar-refractivity contribution in [2.75, 3.05) is 20.8 Å². The smallest absolute Gasteiger partial charge is 0.338 e. The molecule has 238 valence electrons. The lowest BCUT2D eigenvalue weighted by Crippen LogP contribution is -2.40. The number of benzene rings is 3. The molecular formula is C35H34N2O8S. The van der Waals surface area contributed by atoms with Gasteiger partial charge in [-0.2, -0.15) is 0 Å². The first-order valence-corrected chi connectivity index (χ1v) is 15.6. The Hall–Kier alpha value is -5.16. The minimum absolute atomic E-state index is 0.169. The zero-order valence-corrected chi connectivity index (χ0v) is 26.8. The van der Waals surface area contributed by atoms with Gasteiger partial charge in [0, 0.05) is 5.56 Å². The molecule has 0 saturated heterocycles. The zero-order chi connectivity index (χ0) is 32.8. The van der Waals surface area contributed by atoms with Crippen molar-refractivity contribution in [3.05, 3.63) is 120 Å². The minimum atomic E-state index is -0.996. The number of hydrogen-bond donors (Lipinski definition) is 1. The van der Waals surface area contributed by atoms with E-state index in [9.17, 15) is 19.5 Å². The van der Waals surface area contributed by atoms with E-state index in [-0.39, 0.29) is 24.3 Å². The molecule has 46 heavy (non-hydrogen) atoms. The second-order valence-electron chi connectivity index (χ2n) is 10.4. The van der Waals surface area contributed by atoms with Crippen LogP contribution in [-0.4, -0.2) is 42.4 Å². The summed E-state index contributed by atoms with van der Waals surface area (Å²) in [7, 11) is 3.09. The van der Waals surface area contributed by atoms with Crippen molar-refractivity contribution in [2.45, 2.75) is 39.3 Å². The fourth-order valence-corrected chi connectivity index (χ4v) is 6.26. The Morgan fingerprint density at radius 3 is 2.43 bits per heavy atom. The van der Waals surface area contributed by atoms with Crippen LogP contribution in [0.2, 0.25) is 0 Å². The van der Waals surface area contributed by atoms with Crippen LogP contribution in [-0.2, 0) is 16.1 Å². The summed E-state index contributed by atoms with van der Waals surface area (Å²) in [6, 6.07) is 18.2. The van der Waals surface area contributed by atoms with Crippen molar-refractivity contribution in [1.82, 2.24) is 4.57 Å². The van der Waals surface area contributed by atoms with Crippen LogP contribution in [0.15, 0.2) is 87.8 Å². The summed E-state index contributed by atoms with van der Waals surface area (Å²) in [5, 5.41) is 9.23. The van der Waals surface area contributed by atoms with Crippen LogP contribution in [0.4, 0.5) is 0 Å². The van der Waals surface area contributed by atoms with E-state index < -0.39 is 18.0 Å². The van der Waals surface area contributed by atoms with E-state index in [4.69, 9.17) is 23.9 Å². The molecule has 11 heteroatoms. The Labute approximate surface area is 269 Å². The summed E-state index contributed by atoms with van der Waals surface area (Å²) in [6.45, 7) is 4.11. The van der Waals surface area contributed by atoms with E-state index in [1.807, 2.05) is 19.1 Å². The maximum atomic E-state index is 14.1. The first-order valence-electron chi connectivity index (χ1n) is 14.8. The zero-order valence-electron chi connectivity index (χ0n) is 25.9. The first-order chi connectivity index (χ1) is 22.3. The third-order valence-electron chi connectivity index (χ3n) is 7.38. The summed E-state index contributed by atoms with van der Waals surface area (Å²) < 4.78 is 24.5. The van der Waals surface area contributed by atoms with Gasteiger partial charge in [0.2, 0.25) is 0 Å². The van der Waals surface area contributed by atoms with Crippen molar-refractivity contribution in [1.29, 1.82) is 0 Å². The molecule has 10 nitrogen and oxygen atoms in total. The number of carbonyl (C=O) groups is 2. The van der Waals surface area contributed by atoms with Crippen LogP contribution in [0, 0.1) is 0 Å². The summed E-state index contributed by atoms with van der Waals surface area (Å²) >= 11 is 1.24. The molecule has 0 spiro atoms. The summed E-state index contributed by atoms with van der Waals surface area (Å²) in [4.78, 5) is 44.1. The van der Waals surface area contributed by atoms with E-state index in [0.717, 1.165) is 17.5 Å². The largest absolute Gasteiger partial charge is 0.497 e. The van der Waals surface area contributed by atoms with Crippen LogP contribution in [0.3, 0.4) is 0 Å². The van der Waals surface area contributed by atoms with Gasteiger partial charge in [-0.25, -0.2) is 14.6 Å². The number of nitrogens with zero attached hydrogens (tertiary/aromatic N) is 2. The average Bonchev–Trinajstić information content (AvgIpc) is 3.37. The molecule has 1 atom stereocenters. The molecule has 0 fully saturated rings. The predicted molar refractivity (Wildman–Crippen MR) is 173 cm³/mol. The normalized spacial score (nSPS) is 14.3. The molecule has 1 aliphatic rings. The third-order valence-corrected chi connectivity index (χ3v) is 8.36. The van der Waals surface area contributed by atoms with Gasteiger partial charge in [-0.05, 0) is 73.0 Å². The van der Waals surface area contributed by atoms with Crippen LogP contribution in [0.25, 0.3) is 6.08 Å². The van der Waals surface area contributed by atoms with E-state index in [2.05, 4.69) is 0 Å². The van der Waals surface area contributed by atoms with E-state index in [0.29, 0.717) is 49.8 Å². The molecule has 4 aromatic rings. The lowest BCUT2D eigenvalue weighted by molar-refractivity contribution is -0.139. The van der Waals surface area contributed by atoms with Crippen LogP contribution < -0.4 is 29.1 Å². The number of hydrogen-bond acceptors (Lipinski definition) is 9. The third kappa shape index (κ3) is 6.74. The highest BCUT2D eigenvalue weighted by Gasteiger charge is 2.36. The Balaban J connectivity index is 1.55. The molecule has 0 aliphatic carbocycles. The number of aromatic nitrogens is 1. The highest BCUT2D eigenvalue weighted by molar-refractivity contribution is 7.07. The monoisotopic (exact) mass is 642 g/mol. The van der Waals surface area contributed by atoms with Gasteiger partial charge in [-0.3, -0.25) is 9.36 Å². The summed E-state index contributed by atoms with van der Waals surface area (Å²) in [6.07, 6.45) is 3.03. The molecule has 1 N–H and O–H groups in total. The number of fused-ring (bicyclic) bond motifs is 1. The fraction of sp³-hybridized carbons (Fsp3) is 0.257. The second kappa shape index (κ2) is 14.3. The summed E-state index contributed by atoms with van der Waals surface area (Å²) in [5.41, 5.74) is 2.83. The van der Waals surface area contributed by atoms with Crippen LogP contribution in [0.1, 0.15) is 59.8 Å². The van der Waals surface area contributed by atoms with E-state index >= 15 is 0 Å². The first kappa shape index (κ1) is 32.2. The number of thiazole rings is 1. The highest BCUT2D eigenvalue weighted by atomic mass is 32.1. The lowest BCUT2D eigenvalue weighted by atomic mass is 9.93. The maximum absolute atomic E-state index is 14.1. The van der Waals surface area contributed by atoms with Gasteiger partial charge in [-0.1, -0.05) is 48.9 Å². The van der Waals surface area contributed by atoms with E-state index in [1.165, 1.54) is 29.1 Å². The molecule has 3 aromatic carbocycles. The SMILES string of the molecule is CCCC1=C(C(=O)OCC)[C@@H](c2cc(OC)ccc2OC)n2c(s/c(=C\c3ccc(OCc4cccc(C(=O)O)c4)cc3)c2=O)=N1. The molecule has 1 aromatic heterocycles. The van der Waals surface area contributed by atoms with Crippen molar-refractivity contribution >= 4 is 29.4 Å². The molecule has 0 radical (unpaired) electrons. The van der Waals surface area contributed by atoms with Gasteiger partial charge >= 0.3 is 11.9 Å². The number of esters is 1. The average molecular weight is 643 g/mol. The number of carboxylic acids is 1. The predicted octanol–water partition coefficient (Wildman–Crippen LogP) is 4.87. The molecule has 5 rings (SSSR count). The van der Waals surface area contributed by atoms with Crippen LogP contribution in [0.5, 0.6) is 17.2 Å². The lowest BCUT2D eigenvalue weighted by Gasteiger charge is -2.27. The molecule has 2 heterocycles. The number of carbonyl (C=O) groups excluding carboxylic acids is 1. The molecule has 0 amide bonds. The second-order valence-corrected chi connectivity index (χ2v) is 11.4. The van der Waals surface area contributed by atoms with Crippen molar-refractivity contribution in [3.63, 3.8) is 0 Å². The summed E-state index contributed by atoms with van der Waals surface area (Å²) in [5.74, 6) is 0.0956. The molecule has 0 saturated carbocycles. The van der Waals surface area contributed by atoms with Gasteiger partial charge in [0.05, 0.1) is 42.2 Å². The number of rotatable bonds is 12. The number of ether oxygens (including phenoxy) is 4. The quantitative estimate of drug-likeness (QED) is 0.217. The van der Waals surface area contributed by atoms with Gasteiger partial charge < -0.3 is 24.1 Å². The number of methoxy groups -OCH3 is 2. The molecular weight excluding hydrogens is 608 g/mol. The Morgan fingerprint density at radius 1 is 1.00 bits per heavy atom. The number of allylic oxidation sites excluding steroid dienone is 1. The standard InChI is InChI=1S/C35H34N2O8S/c1-5-8-27-30(34(41)44-6-2)31(26-19-25(42-3)15-16-28(26)43-4)37-32(38)29(46-35(37)36-27)18-21-11-13-24(14-12-21)45-20-22-9-7-10-23(17-22)33(39)40/h7,9-19,31H,5-6,8,20H2,1-4H3,(H,39,40)/b29-18-/t31-/m1/s1. The van der Waals surface area contributed by atoms with Gasteiger partial charge in [-0.15, -0.1) is 0 Å². The highest BCUT2D eigenvalue weighted by Crippen LogP contribution is 2.38. The minimum Gasteiger partial charge on any atom is -0.497 e. The Morgan fingerprint density at radius 2 is 1.76 bits per heavy atom.